The van der Waals surface area contributed by atoms with E-state index in [1.54, 1.807) is 36.4 Å². The largest absolute Gasteiger partial charge is 0.350 e. The molecule has 0 spiro atoms. The van der Waals surface area contributed by atoms with Crippen molar-refractivity contribution >= 4 is 33.2 Å². The second kappa shape index (κ2) is 8.36. The number of sulfonamides is 1. The maximum Gasteiger partial charge on any atom is 0.241 e. The summed E-state index contributed by atoms with van der Waals surface area (Å²) in [6.45, 7) is 2.06. The molecule has 0 radical (unpaired) electrons. The lowest BCUT2D eigenvalue weighted by molar-refractivity contribution is -0.119. The molecule has 0 aliphatic rings. The van der Waals surface area contributed by atoms with E-state index in [0.717, 1.165) is 28.1 Å². The first kappa shape index (κ1) is 19.3. The highest BCUT2D eigenvalue weighted by Crippen LogP contribution is 2.18. The standard InChI is InChI=1S/C18H21ClN2O3S/c1-3-14-6-10-17(11-7-14)21(25(2,23)24)13-18(22)20-12-15-4-8-16(19)9-5-15/h4-11H,3,12-13H2,1-2H3,(H,20,22). The van der Waals surface area contributed by atoms with E-state index in [0.29, 0.717) is 17.3 Å². The van der Waals surface area contributed by atoms with Gasteiger partial charge in [0.1, 0.15) is 6.54 Å². The van der Waals surface area contributed by atoms with Crippen molar-refractivity contribution in [3.8, 4) is 0 Å². The number of nitrogens with zero attached hydrogens (tertiary/aromatic N) is 1. The van der Waals surface area contributed by atoms with Crippen molar-refractivity contribution in [3.05, 3.63) is 64.7 Å². The number of carbonyl (C=O) groups excluding carboxylic acids is 1. The molecule has 25 heavy (non-hydrogen) atoms. The summed E-state index contributed by atoms with van der Waals surface area (Å²) in [5.41, 5.74) is 2.46. The quantitative estimate of drug-likeness (QED) is 0.803. The number of rotatable bonds is 7. The van der Waals surface area contributed by atoms with Crippen LogP contribution in [0.25, 0.3) is 0 Å². The molecule has 0 aliphatic heterocycles. The summed E-state index contributed by atoms with van der Waals surface area (Å²) < 4.78 is 25.2. The SMILES string of the molecule is CCc1ccc(N(CC(=O)NCc2ccc(Cl)cc2)S(C)(=O)=O)cc1. The fourth-order valence-corrected chi connectivity index (χ4v) is 3.27. The average Bonchev–Trinajstić information content (AvgIpc) is 2.58. The summed E-state index contributed by atoms with van der Waals surface area (Å²) >= 11 is 5.82. The van der Waals surface area contributed by atoms with Gasteiger partial charge in [0.2, 0.25) is 15.9 Å². The van der Waals surface area contributed by atoms with Gasteiger partial charge in [0.05, 0.1) is 11.9 Å². The Kier molecular flexibility index (Phi) is 6.45. The number of anilines is 1. The number of benzene rings is 2. The van der Waals surface area contributed by atoms with Gasteiger partial charge in [0.25, 0.3) is 0 Å². The van der Waals surface area contributed by atoms with Crippen LogP contribution in [0.3, 0.4) is 0 Å². The van der Waals surface area contributed by atoms with E-state index in [-0.39, 0.29) is 12.5 Å². The fraction of sp³-hybridized carbons (Fsp3) is 0.278. The molecule has 0 aliphatic carbocycles. The van der Waals surface area contributed by atoms with Crippen LogP contribution in [0, 0.1) is 0 Å². The van der Waals surface area contributed by atoms with Crippen LogP contribution in [0.1, 0.15) is 18.1 Å². The van der Waals surface area contributed by atoms with Crippen molar-refractivity contribution in [2.75, 3.05) is 17.1 Å². The summed E-state index contributed by atoms with van der Waals surface area (Å²) in [4.78, 5) is 12.2. The molecule has 2 aromatic carbocycles. The predicted octanol–water partition coefficient (Wildman–Crippen LogP) is 2.98. The van der Waals surface area contributed by atoms with E-state index >= 15 is 0 Å². The smallest absolute Gasteiger partial charge is 0.241 e. The van der Waals surface area contributed by atoms with Crippen molar-refractivity contribution in [1.29, 1.82) is 0 Å². The Morgan fingerprint density at radius 2 is 1.60 bits per heavy atom. The molecule has 7 heteroatoms. The maximum atomic E-state index is 12.2. The summed E-state index contributed by atoms with van der Waals surface area (Å²) in [7, 11) is -3.57. The zero-order valence-corrected chi connectivity index (χ0v) is 15.8. The first-order valence-corrected chi connectivity index (χ1v) is 10.1. The van der Waals surface area contributed by atoms with Crippen molar-refractivity contribution in [2.45, 2.75) is 19.9 Å². The van der Waals surface area contributed by atoms with E-state index < -0.39 is 10.0 Å². The van der Waals surface area contributed by atoms with E-state index in [2.05, 4.69) is 5.32 Å². The Hall–Kier alpha value is -2.05. The van der Waals surface area contributed by atoms with Crippen LogP contribution >= 0.6 is 11.6 Å². The summed E-state index contributed by atoms with van der Waals surface area (Å²) in [6, 6.07) is 14.2. The van der Waals surface area contributed by atoms with Gasteiger partial charge in [-0.3, -0.25) is 9.10 Å². The number of hydrogen-bond acceptors (Lipinski definition) is 3. The van der Waals surface area contributed by atoms with Gasteiger partial charge < -0.3 is 5.32 Å². The average molecular weight is 381 g/mol. The van der Waals surface area contributed by atoms with E-state index in [1.165, 1.54) is 0 Å². The minimum atomic E-state index is -3.57. The maximum absolute atomic E-state index is 12.2. The molecule has 0 aromatic heterocycles. The van der Waals surface area contributed by atoms with Gasteiger partial charge >= 0.3 is 0 Å². The molecule has 2 rings (SSSR count). The predicted molar refractivity (Wildman–Crippen MR) is 101 cm³/mol. The molecule has 0 heterocycles. The van der Waals surface area contributed by atoms with E-state index in [9.17, 15) is 13.2 Å². The second-order valence-electron chi connectivity index (χ2n) is 5.69. The van der Waals surface area contributed by atoms with Gasteiger partial charge in [-0.1, -0.05) is 42.8 Å². The van der Waals surface area contributed by atoms with Crippen molar-refractivity contribution < 1.29 is 13.2 Å². The normalized spacial score (nSPS) is 11.2. The summed E-state index contributed by atoms with van der Waals surface area (Å²) in [5.74, 6) is -0.375. The van der Waals surface area contributed by atoms with Crippen LogP contribution in [0.5, 0.6) is 0 Å². The number of carbonyl (C=O) groups is 1. The highest BCUT2D eigenvalue weighted by molar-refractivity contribution is 7.92. The van der Waals surface area contributed by atoms with Crippen LogP contribution in [0.15, 0.2) is 48.5 Å². The molecule has 5 nitrogen and oxygen atoms in total. The number of halogens is 1. The van der Waals surface area contributed by atoms with E-state index in [4.69, 9.17) is 11.6 Å². The van der Waals surface area contributed by atoms with Gasteiger partial charge in [0.15, 0.2) is 0 Å². The molecule has 1 N–H and O–H groups in total. The zero-order valence-electron chi connectivity index (χ0n) is 14.2. The molecule has 0 bridgehead atoms. The molecule has 0 unspecified atom stereocenters. The fourth-order valence-electron chi connectivity index (χ4n) is 2.29. The monoisotopic (exact) mass is 380 g/mol. The third-order valence-corrected chi connectivity index (χ3v) is 5.12. The van der Waals surface area contributed by atoms with Crippen molar-refractivity contribution in [1.82, 2.24) is 5.32 Å². The number of amides is 1. The minimum absolute atomic E-state index is 0.266. The zero-order chi connectivity index (χ0) is 18.4. The van der Waals surface area contributed by atoms with Crippen LogP contribution < -0.4 is 9.62 Å². The number of nitrogens with one attached hydrogen (secondary N) is 1. The van der Waals surface area contributed by atoms with Crippen molar-refractivity contribution in [2.24, 2.45) is 0 Å². The highest BCUT2D eigenvalue weighted by atomic mass is 35.5. The molecular formula is C18H21ClN2O3S. The molecule has 0 saturated carbocycles. The Balaban J connectivity index is 2.05. The molecule has 0 fully saturated rings. The Morgan fingerprint density at radius 1 is 1.04 bits per heavy atom. The van der Waals surface area contributed by atoms with Crippen LogP contribution in [0.4, 0.5) is 5.69 Å². The Morgan fingerprint density at radius 3 is 2.12 bits per heavy atom. The second-order valence-corrected chi connectivity index (χ2v) is 8.04. The van der Waals surface area contributed by atoms with Crippen LogP contribution in [0.2, 0.25) is 5.02 Å². The Labute approximate surface area is 153 Å². The Bertz CT molecular complexity index is 818. The third kappa shape index (κ3) is 5.76. The van der Waals surface area contributed by atoms with Crippen LogP contribution in [-0.4, -0.2) is 27.1 Å². The lowest BCUT2D eigenvalue weighted by atomic mass is 10.1. The summed E-state index contributed by atoms with van der Waals surface area (Å²) in [5, 5.41) is 3.34. The number of aryl methyl sites for hydroxylation is 1. The van der Waals surface area contributed by atoms with Gasteiger partial charge in [-0.15, -0.1) is 0 Å². The summed E-state index contributed by atoms with van der Waals surface area (Å²) in [6.07, 6.45) is 1.95. The van der Waals surface area contributed by atoms with Gasteiger partial charge in [0, 0.05) is 11.6 Å². The highest BCUT2D eigenvalue weighted by Gasteiger charge is 2.20. The lowest BCUT2D eigenvalue weighted by Crippen LogP contribution is -2.40. The molecule has 0 saturated heterocycles. The molecular weight excluding hydrogens is 360 g/mol. The molecule has 134 valence electrons. The first-order chi connectivity index (χ1) is 11.8. The van der Waals surface area contributed by atoms with Gasteiger partial charge in [-0.2, -0.15) is 0 Å². The van der Waals surface area contributed by atoms with Gasteiger partial charge in [-0.25, -0.2) is 8.42 Å². The lowest BCUT2D eigenvalue weighted by Gasteiger charge is -2.22. The van der Waals surface area contributed by atoms with Crippen molar-refractivity contribution in [3.63, 3.8) is 0 Å². The van der Waals surface area contributed by atoms with Crippen LogP contribution in [-0.2, 0) is 27.8 Å². The number of hydrogen-bond donors (Lipinski definition) is 1. The topological polar surface area (TPSA) is 66.5 Å². The molecule has 0 atom stereocenters. The third-order valence-electron chi connectivity index (χ3n) is 3.72. The first-order valence-electron chi connectivity index (χ1n) is 7.87. The van der Waals surface area contributed by atoms with Gasteiger partial charge in [-0.05, 0) is 41.8 Å². The molecule has 2 aromatic rings. The molecule has 1 amide bonds. The minimum Gasteiger partial charge on any atom is -0.350 e. The van der Waals surface area contributed by atoms with E-state index in [1.807, 2.05) is 19.1 Å².